The molecular weight excluding hydrogens is 384 g/mol. The van der Waals surface area contributed by atoms with Crippen LogP contribution >= 0.6 is 0 Å². The van der Waals surface area contributed by atoms with Gasteiger partial charge in [0, 0.05) is 42.8 Å². The molecule has 0 spiro atoms. The summed E-state index contributed by atoms with van der Waals surface area (Å²) in [5, 5.41) is 4.47. The molecule has 0 fully saturated rings. The molecule has 0 saturated carbocycles. The molecule has 1 aromatic heterocycles. The zero-order valence-corrected chi connectivity index (χ0v) is 17.5. The van der Waals surface area contributed by atoms with E-state index >= 15 is 0 Å². The largest absolute Gasteiger partial charge is 0.383 e. The first-order chi connectivity index (χ1) is 13.8. The molecule has 7 heteroatoms. The van der Waals surface area contributed by atoms with Crippen LogP contribution in [0.15, 0.2) is 53.4 Å². The Morgan fingerprint density at radius 3 is 2.79 bits per heavy atom. The minimum absolute atomic E-state index is 0.0154. The molecule has 1 atom stereocenters. The molecule has 3 aromatic rings. The third-order valence-corrected chi connectivity index (χ3v) is 6.98. The van der Waals surface area contributed by atoms with Crippen LogP contribution in [0.25, 0.3) is 10.9 Å². The van der Waals surface area contributed by atoms with Crippen molar-refractivity contribution in [1.29, 1.82) is 0 Å². The number of pyridine rings is 1. The molecule has 1 aliphatic rings. The summed E-state index contributed by atoms with van der Waals surface area (Å²) < 4.78 is 25.4. The van der Waals surface area contributed by atoms with Crippen molar-refractivity contribution in [3.63, 3.8) is 0 Å². The first-order valence-electron chi connectivity index (χ1n) is 9.80. The number of hydrogen-bond donors (Lipinski definition) is 2. The maximum Gasteiger partial charge on any atom is 0.180 e. The third-order valence-electron chi connectivity index (χ3n) is 5.19. The fourth-order valence-electron chi connectivity index (χ4n) is 3.66. The second kappa shape index (κ2) is 7.65. The molecule has 6 nitrogen and oxygen atoms in total. The monoisotopic (exact) mass is 410 g/mol. The SMILES string of the molecule is Cc1ccc2nc(N3CCS(=O)(=O)c4ccccc4C3)cc(NC[C@H](C)N)c2c1. The normalized spacial score (nSPS) is 16.9. The van der Waals surface area contributed by atoms with Crippen molar-refractivity contribution in [2.45, 2.75) is 31.3 Å². The second-order valence-electron chi connectivity index (χ2n) is 7.75. The van der Waals surface area contributed by atoms with Gasteiger partial charge in [-0.15, -0.1) is 0 Å². The van der Waals surface area contributed by atoms with Crippen LogP contribution in [0.1, 0.15) is 18.1 Å². The van der Waals surface area contributed by atoms with Crippen molar-refractivity contribution in [3.05, 3.63) is 59.7 Å². The summed E-state index contributed by atoms with van der Waals surface area (Å²) >= 11 is 0. The summed E-state index contributed by atoms with van der Waals surface area (Å²) in [7, 11) is -3.30. The van der Waals surface area contributed by atoms with E-state index in [2.05, 4.69) is 18.3 Å². The van der Waals surface area contributed by atoms with E-state index in [-0.39, 0.29) is 11.8 Å². The van der Waals surface area contributed by atoms with Crippen molar-refractivity contribution in [1.82, 2.24) is 4.98 Å². The molecule has 29 heavy (non-hydrogen) atoms. The highest BCUT2D eigenvalue weighted by molar-refractivity contribution is 7.91. The highest BCUT2D eigenvalue weighted by Crippen LogP contribution is 2.31. The summed E-state index contributed by atoms with van der Waals surface area (Å²) in [6.45, 7) is 5.56. The number of nitrogens with one attached hydrogen (secondary N) is 1. The van der Waals surface area contributed by atoms with Crippen LogP contribution in [0.3, 0.4) is 0 Å². The molecule has 0 unspecified atom stereocenters. The number of nitrogens with two attached hydrogens (primary N) is 1. The summed E-state index contributed by atoms with van der Waals surface area (Å²) in [5.41, 5.74) is 9.75. The van der Waals surface area contributed by atoms with E-state index in [0.717, 1.165) is 33.5 Å². The Morgan fingerprint density at radius 2 is 2.00 bits per heavy atom. The van der Waals surface area contributed by atoms with E-state index in [1.807, 2.05) is 42.2 Å². The number of sulfone groups is 1. The fourth-order valence-corrected chi connectivity index (χ4v) is 5.16. The lowest BCUT2D eigenvalue weighted by Gasteiger charge is -2.23. The summed E-state index contributed by atoms with van der Waals surface area (Å²) in [5.74, 6) is 0.834. The molecule has 2 aromatic carbocycles. The van der Waals surface area contributed by atoms with E-state index in [9.17, 15) is 8.42 Å². The maximum atomic E-state index is 12.7. The molecule has 0 radical (unpaired) electrons. The Morgan fingerprint density at radius 1 is 1.21 bits per heavy atom. The van der Waals surface area contributed by atoms with Crippen LogP contribution in [0.4, 0.5) is 11.5 Å². The van der Waals surface area contributed by atoms with E-state index in [1.165, 1.54) is 0 Å². The Bertz CT molecular complexity index is 1160. The smallest absolute Gasteiger partial charge is 0.180 e. The number of aryl methyl sites for hydroxylation is 1. The first kappa shape index (κ1) is 19.7. The highest BCUT2D eigenvalue weighted by atomic mass is 32.2. The van der Waals surface area contributed by atoms with Gasteiger partial charge in [0.05, 0.1) is 16.2 Å². The Labute approximate surface area is 171 Å². The number of fused-ring (bicyclic) bond motifs is 2. The van der Waals surface area contributed by atoms with Gasteiger partial charge in [-0.2, -0.15) is 0 Å². The number of hydrogen-bond acceptors (Lipinski definition) is 6. The van der Waals surface area contributed by atoms with Gasteiger partial charge in [0.15, 0.2) is 9.84 Å². The van der Waals surface area contributed by atoms with Gasteiger partial charge in [-0.25, -0.2) is 13.4 Å². The topological polar surface area (TPSA) is 88.3 Å². The fraction of sp³-hybridized carbons (Fsp3) is 0.318. The van der Waals surface area contributed by atoms with Crippen LogP contribution < -0.4 is 16.0 Å². The zero-order chi connectivity index (χ0) is 20.6. The van der Waals surface area contributed by atoms with Crippen molar-refractivity contribution in [3.8, 4) is 0 Å². The molecule has 0 aliphatic carbocycles. The van der Waals surface area contributed by atoms with Gasteiger partial charge in [-0.05, 0) is 37.6 Å². The molecule has 4 rings (SSSR count). The predicted octanol–water partition coefficient (Wildman–Crippen LogP) is 3.10. The van der Waals surface area contributed by atoms with Crippen molar-refractivity contribution in [2.75, 3.05) is 29.1 Å². The Balaban J connectivity index is 1.78. The van der Waals surface area contributed by atoms with Gasteiger partial charge >= 0.3 is 0 Å². The summed E-state index contributed by atoms with van der Waals surface area (Å²) in [6, 6.07) is 15.4. The lowest BCUT2D eigenvalue weighted by Crippen LogP contribution is -2.27. The Hall–Kier alpha value is -2.64. The van der Waals surface area contributed by atoms with Gasteiger partial charge in [0.25, 0.3) is 0 Å². The van der Waals surface area contributed by atoms with E-state index in [4.69, 9.17) is 10.7 Å². The highest BCUT2D eigenvalue weighted by Gasteiger charge is 2.26. The molecule has 3 N–H and O–H groups in total. The maximum absolute atomic E-state index is 12.7. The van der Waals surface area contributed by atoms with Gasteiger partial charge in [-0.3, -0.25) is 0 Å². The summed E-state index contributed by atoms with van der Waals surface area (Å²) in [4.78, 5) is 7.32. The van der Waals surface area contributed by atoms with Gasteiger partial charge < -0.3 is 16.0 Å². The molecule has 0 saturated heterocycles. The molecular formula is C22H26N4O2S. The number of nitrogens with zero attached hydrogens (tertiary/aromatic N) is 2. The van der Waals surface area contributed by atoms with Crippen LogP contribution in [0.2, 0.25) is 0 Å². The predicted molar refractivity (Wildman–Crippen MR) is 118 cm³/mol. The second-order valence-corrected chi connectivity index (χ2v) is 9.83. The summed E-state index contributed by atoms with van der Waals surface area (Å²) in [6.07, 6.45) is 0. The number of rotatable bonds is 4. The minimum Gasteiger partial charge on any atom is -0.383 e. The lowest BCUT2D eigenvalue weighted by atomic mass is 10.1. The molecule has 0 amide bonds. The zero-order valence-electron chi connectivity index (χ0n) is 16.7. The van der Waals surface area contributed by atoms with E-state index in [0.29, 0.717) is 24.5 Å². The van der Waals surface area contributed by atoms with Crippen LogP contribution in [-0.4, -0.2) is 38.3 Å². The number of aromatic nitrogens is 1. The van der Waals surface area contributed by atoms with Crippen LogP contribution in [-0.2, 0) is 16.4 Å². The van der Waals surface area contributed by atoms with Crippen LogP contribution in [0, 0.1) is 6.92 Å². The van der Waals surface area contributed by atoms with Crippen LogP contribution in [0.5, 0.6) is 0 Å². The number of benzene rings is 2. The minimum atomic E-state index is -3.30. The van der Waals surface area contributed by atoms with E-state index in [1.54, 1.807) is 12.1 Å². The van der Waals surface area contributed by atoms with E-state index < -0.39 is 9.84 Å². The first-order valence-corrected chi connectivity index (χ1v) is 11.5. The van der Waals surface area contributed by atoms with Gasteiger partial charge in [0.2, 0.25) is 0 Å². The third kappa shape index (κ3) is 4.06. The average molecular weight is 411 g/mol. The lowest BCUT2D eigenvalue weighted by molar-refractivity contribution is 0.596. The standard InChI is InChI=1S/C22H26N4O2S/c1-15-7-8-19-18(11-15)20(24-13-16(2)23)12-22(25-19)26-9-10-29(27,28)21-6-4-3-5-17(21)14-26/h3-8,11-12,16H,9-10,13-14,23H2,1-2H3,(H,24,25)/t16-/m0/s1. The Kier molecular flexibility index (Phi) is 5.19. The molecule has 152 valence electrons. The van der Waals surface area contributed by atoms with Crippen molar-refractivity contribution < 1.29 is 8.42 Å². The quantitative estimate of drug-likeness (QED) is 0.687. The van der Waals surface area contributed by atoms with Gasteiger partial charge in [0.1, 0.15) is 5.82 Å². The van der Waals surface area contributed by atoms with Crippen molar-refractivity contribution >= 4 is 32.2 Å². The van der Waals surface area contributed by atoms with Crippen molar-refractivity contribution in [2.24, 2.45) is 5.73 Å². The molecule has 0 bridgehead atoms. The average Bonchev–Trinajstić information content (AvgIpc) is 2.82. The molecule has 1 aliphatic heterocycles. The molecule has 2 heterocycles. The number of anilines is 2. The van der Waals surface area contributed by atoms with Gasteiger partial charge in [-0.1, -0.05) is 29.8 Å².